The van der Waals surface area contributed by atoms with Gasteiger partial charge in [-0.3, -0.25) is 4.79 Å². The molecule has 7 heteroatoms. The Balaban J connectivity index is 2.73. The van der Waals surface area contributed by atoms with Gasteiger partial charge in [0, 0.05) is 23.0 Å². The quantitative estimate of drug-likeness (QED) is 0.839. The first kappa shape index (κ1) is 19.1. The molecule has 0 saturated heterocycles. The third-order valence-electron chi connectivity index (χ3n) is 3.09. The Hall–Kier alpha value is -0.920. The molecule has 1 aromatic rings. The Morgan fingerprint density at radius 3 is 2.36 bits per heavy atom. The van der Waals surface area contributed by atoms with E-state index < -0.39 is 15.6 Å². The van der Waals surface area contributed by atoms with Crippen molar-refractivity contribution in [2.75, 3.05) is 18.1 Å². The fourth-order valence-corrected chi connectivity index (χ4v) is 4.15. The van der Waals surface area contributed by atoms with Gasteiger partial charge >= 0.3 is 0 Å². The van der Waals surface area contributed by atoms with E-state index >= 15 is 0 Å². The van der Waals surface area contributed by atoms with Gasteiger partial charge in [-0.15, -0.1) is 0 Å². The zero-order chi connectivity index (χ0) is 17.1. The number of halogens is 1. The largest absolute Gasteiger partial charge is 0.325 e. The predicted octanol–water partition coefficient (Wildman–Crippen LogP) is 3.15. The van der Waals surface area contributed by atoms with Gasteiger partial charge in [-0.25, -0.2) is 8.42 Å². The van der Waals surface area contributed by atoms with E-state index in [0.717, 1.165) is 16.3 Å². The molecule has 0 heterocycles. The average Bonchev–Trinajstić information content (AvgIpc) is 2.29. The number of hydrogen-bond donors (Lipinski definition) is 1. The van der Waals surface area contributed by atoms with E-state index in [2.05, 4.69) is 21.2 Å². The fourth-order valence-electron chi connectivity index (χ4n) is 2.14. The molecule has 0 aliphatic rings. The van der Waals surface area contributed by atoms with Crippen LogP contribution in [-0.4, -0.2) is 37.0 Å². The van der Waals surface area contributed by atoms with Crippen molar-refractivity contribution in [1.82, 2.24) is 4.31 Å². The van der Waals surface area contributed by atoms with Crippen molar-refractivity contribution in [3.8, 4) is 0 Å². The number of sulfonamides is 1. The summed E-state index contributed by atoms with van der Waals surface area (Å²) in [6, 6.07) is 5.63. The molecule has 0 unspecified atom stereocenters. The minimum atomic E-state index is -3.36. The highest BCUT2D eigenvalue weighted by Gasteiger charge is 2.29. The molecule has 0 atom stereocenters. The zero-order valence-electron chi connectivity index (χ0n) is 13.6. The lowest BCUT2D eigenvalue weighted by atomic mass is 10.1. The van der Waals surface area contributed by atoms with Crippen LogP contribution in [0.3, 0.4) is 0 Å². The van der Waals surface area contributed by atoms with Crippen molar-refractivity contribution in [1.29, 1.82) is 0 Å². The molecule has 124 valence electrons. The Morgan fingerprint density at radius 1 is 1.32 bits per heavy atom. The Labute approximate surface area is 141 Å². The summed E-state index contributed by atoms with van der Waals surface area (Å²) in [6.07, 6.45) is 1.26. The molecule has 1 rings (SSSR count). The van der Waals surface area contributed by atoms with Gasteiger partial charge in [-0.2, -0.15) is 4.31 Å². The third-order valence-corrected chi connectivity index (χ3v) is 5.28. The second-order valence-electron chi connectivity index (χ2n) is 6.29. The average molecular weight is 391 g/mol. The van der Waals surface area contributed by atoms with Gasteiger partial charge < -0.3 is 5.32 Å². The molecule has 1 amide bonds. The minimum Gasteiger partial charge on any atom is -0.325 e. The van der Waals surface area contributed by atoms with Crippen LogP contribution in [0.4, 0.5) is 5.69 Å². The number of carbonyl (C=O) groups is 1. The number of rotatable bonds is 5. The summed E-state index contributed by atoms with van der Waals surface area (Å²) in [7, 11) is -3.36. The maximum Gasteiger partial charge on any atom is 0.225 e. The van der Waals surface area contributed by atoms with Gasteiger partial charge in [-0.05, 0) is 61.3 Å². The predicted molar refractivity (Wildman–Crippen MR) is 93.4 cm³/mol. The van der Waals surface area contributed by atoms with Crippen LogP contribution in [0.2, 0.25) is 0 Å². The van der Waals surface area contributed by atoms with Crippen LogP contribution < -0.4 is 5.32 Å². The van der Waals surface area contributed by atoms with Crippen LogP contribution >= 0.6 is 15.9 Å². The van der Waals surface area contributed by atoms with Crippen LogP contribution in [0.5, 0.6) is 0 Å². The van der Waals surface area contributed by atoms with Crippen molar-refractivity contribution in [2.45, 2.75) is 39.7 Å². The topological polar surface area (TPSA) is 66.5 Å². The summed E-state index contributed by atoms with van der Waals surface area (Å²) in [6.45, 7) is 7.54. The smallest absolute Gasteiger partial charge is 0.225 e. The molecule has 0 fully saturated rings. The first-order valence-corrected chi connectivity index (χ1v) is 9.59. The van der Waals surface area contributed by atoms with Gasteiger partial charge in [0.25, 0.3) is 0 Å². The van der Waals surface area contributed by atoms with Crippen LogP contribution in [0.25, 0.3) is 0 Å². The molecule has 0 aliphatic heterocycles. The van der Waals surface area contributed by atoms with Gasteiger partial charge in [0.2, 0.25) is 15.9 Å². The summed E-state index contributed by atoms with van der Waals surface area (Å²) in [5.74, 6) is -0.220. The van der Waals surface area contributed by atoms with Gasteiger partial charge in [0.1, 0.15) is 0 Å². The highest BCUT2D eigenvalue weighted by molar-refractivity contribution is 9.10. The van der Waals surface area contributed by atoms with Crippen LogP contribution in [0, 0.1) is 6.92 Å². The number of carbonyl (C=O) groups excluding carboxylic acids is 1. The number of aryl methyl sites for hydroxylation is 1. The normalized spacial score (nSPS) is 12.5. The number of amides is 1. The van der Waals surface area contributed by atoms with Crippen LogP contribution in [0.15, 0.2) is 22.7 Å². The van der Waals surface area contributed by atoms with Gasteiger partial charge in [0.15, 0.2) is 0 Å². The summed E-state index contributed by atoms with van der Waals surface area (Å²) in [5.41, 5.74) is 1.20. The number of anilines is 1. The molecule has 0 saturated carbocycles. The molecule has 0 aromatic heterocycles. The molecular weight excluding hydrogens is 368 g/mol. The Bertz CT molecular complexity index is 651. The molecular formula is C15H23BrN2O3S. The second-order valence-corrected chi connectivity index (χ2v) is 9.05. The first-order chi connectivity index (χ1) is 9.91. The molecule has 0 bridgehead atoms. The van der Waals surface area contributed by atoms with Gasteiger partial charge in [-0.1, -0.05) is 6.07 Å². The SMILES string of the molecule is Cc1ccc(NC(=O)CCN(C(C)(C)C)S(C)(=O)=O)c(Br)c1. The van der Waals surface area contributed by atoms with Crippen molar-refractivity contribution in [2.24, 2.45) is 0 Å². The van der Waals surface area contributed by atoms with E-state index in [0.29, 0.717) is 5.69 Å². The maximum absolute atomic E-state index is 12.1. The first-order valence-electron chi connectivity index (χ1n) is 6.95. The van der Waals surface area contributed by atoms with Gasteiger partial charge in [0.05, 0.1) is 11.9 Å². The van der Waals surface area contributed by atoms with Crippen LogP contribution in [0.1, 0.15) is 32.8 Å². The highest BCUT2D eigenvalue weighted by Crippen LogP contribution is 2.24. The maximum atomic E-state index is 12.1. The minimum absolute atomic E-state index is 0.102. The molecule has 1 N–H and O–H groups in total. The van der Waals surface area contributed by atoms with Crippen molar-refractivity contribution in [3.63, 3.8) is 0 Å². The lowest BCUT2D eigenvalue weighted by Gasteiger charge is -2.33. The lowest BCUT2D eigenvalue weighted by Crippen LogP contribution is -2.46. The Morgan fingerprint density at radius 2 is 1.91 bits per heavy atom. The molecule has 0 radical (unpaired) electrons. The number of nitrogens with zero attached hydrogens (tertiary/aromatic N) is 1. The molecule has 22 heavy (non-hydrogen) atoms. The molecule has 1 aromatic carbocycles. The van der Waals surface area contributed by atoms with E-state index in [1.165, 1.54) is 4.31 Å². The Kier molecular flexibility index (Phi) is 6.18. The number of benzene rings is 1. The summed E-state index contributed by atoms with van der Waals surface area (Å²) < 4.78 is 25.8. The fraction of sp³-hybridized carbons (Fsp3) is 0.533. The zero-order valence-corrected chi connectivity index (χ0v) is 16.0. The van der Waals surface area contributed by atoms with Crippen molar-refractivity contribution >= 4 is 37.5 Å². The summed E-state index contributed by atoms with van der Waals surface area (Å²) in [4.78, 5) is 12.1. The monoisotopic (exact) mass is 390 g/mol. The summed E-state index contributed by atoms with van der Waals surface area (Å²) in [5, 5.41) is 2.79. The number of nitrogens with one attached hydrogen (secondary N) is 1. The van der Waals surface area contributed by atoms with E-state index in [1.54, 1.807) is 0 Å². The molecule has 0 spiro atoms. The van der Waals surface area contributed by atoms with E-state index in [9.17, 15) is 13.2 Å². The van der Waals surface area contributed by atoms with Crippen molar-refractivity contribution in [3.05, 3.63) is 28.2 Å². The van der Waals surface area contributed by atoms with Crippen LogP contribution in [-0.2, 0) is 14.8 Å². The second kappa shape index (κ2) is 7.10. The lowest BCUT2D eigenvalue weighted by molar-refractivity contribution is -0.116. The van der Waals surface area contributed by atoms with E-state index in [-0.39, 0.29) is 18.9 Å². The molecule has 0 aliphatic carbocycles. The summed E-state index contributed by atoms with van der Waals surface area (Å²) >= 11 is 3.40. The highest BCUT2D eigenvalue weighted by atomic mass is 79.9. The van der Waals surface area contributed by atoms with Crippen molar-refractivity contribution < 1.29 is 13.2 Å². The molecule has 5 nitrogen and oxygen atoms in total. The van der Waals surface area contributed by atoms with E-state index in [1.807, 2.05) is 45.9 Å². The third kappa shape index (κ3) is 5.70. The standard InChI is InChI=1S/C15H23BrN2O3S/c1-11-6-7-13(12(16)10-11)17-14(19)8-9-18(15(2,3)4)22(5,20)21/h6-7,10H,8-9H2,1-5H3,(H,17,19). The number of hydrogen-bond acceptors (Lipinski definition) is 3. The van der Waals surface area contributed by atoms with E-state index in [4.69, 9.17) is 0 Å².